The van der Waals surface area contributed by atoms with E-state index in [1.165, 1.54) is 0 Å². The predicted molar refractivity (Wildman–Crippen MR) is 70.4 cm³/mol. The molecule has 0 radical (unpaired) electrons. The molecule has 0 aromatic rings. The Morgan fingerprint density at radius 3 is 2.29 bits per heavy atom. The first-order valence-corrected chi connectivity index (χ1v) is 8.11. The molecule has 0 aliphatic carbocycles. The molecule has 0 aromatic carbocycles. The van der Waals surface area contributed by atoms with Crippen LogP contribution in [0.15, 0.2) is 0 Å². The van der Waals surface area contributed by atoms with Crippen molar-refractivity contribution in [1.29, 1.82) is 0 Å². The Bertz CT molecular complexity index is 298. The lowest BCUT2D eigenvalue weighted by molar-refractivity contribution is 0.188. The molecular formula is C11H25N3O2S. The molecule has 1 rings (SSSR count). The second-order valence-electron chi connectivity index (χ2n) is 4.55. The normalized spacial score (nSPS) is 19.6. The quantitative estimate of drug-likeness (QED) is 0.661. The molecule has 5 nitrogen and oxygen atoms in total. The average Bonchev–Trinajstić information content (AvgIpc) is 2.30. The van der Waals surface area contributed by atoms with Crippen LogP contribution in [-0.2, 0) is 10.0 Å². The summed E-state index contributed by atoms with van der Waals surface area (Å²) in [5.74, 6) is 0.248. The van der Waals surface area contributed by atoms with Gasteiger partial charge in [0.2, 0.25) is 10.0 Å². The van der Waals surface area contributed by atoms with E-state index in [0.29, 0.717) is 26.1 Å². The molecular weight excluding hydrogens is 238 g/mol. The molecule has 0 aromatic heterocycles. The SMILES string of the molecule is CCCN1CCN(S(=O)(=O)CCCCN)CC1. The first-order chi connectivity index (χ1) is 8.10. The lowest BCUT2D eigenvalue weighted by Gasteiger charge is -2.33. The van der Waals surface area contributed by atoms with Crippen molar-refractivity contribution < 1.29 is 8.42 Å². The van der Waals surface area contributed by atoms with Crippen LogP contribution in [0.4, 0.5) is 0 Å². The topological polar surface area (TPSA) is 66.6 Å². The Labute approximate surface area is 105 Å². The van der Waals surface area contributed by atoms with Crippen LogP contribution >= 0.6 is 0 Å². The van der Waals surface area contributed by atoms with Crippen molar-refractivity contribution in [2.24, 2.45) is 5.73 Å². The van der Waals surface area contributed by atoms with E-state index in [9.17, 15) is 8.42 Å². The Morgan fingerprint density at radius 2 is 1.76 bits per heavy atom. The summed E-state index contributed by atoms with van der Waals surface area (Å²) in [6.07, 6.45) is 2.59. The molecule has 0 saturated carbocycles. The fourth-order valence-corrected chi connectivity index (χ4v) is 3.65. The minimum Gasteiger partial charge on any atom is -0.330 e. The van der Waals surface area contributed by atoms with Crippen LogP contribution in [0, 0.1) is 0 Å². The summed E-state index contributed by atoms with van der Waals surface area (Å²) >= 11 is 0. The highest BCUT2D eigenvalue weighted by molar-refractivity contribution is 7.89. The first-order valence-electron chi connectivity index (χ1n) is 6.50. The monoisotopic (exact) mass is 263 g/mol. The van der Waals surface area contributed by atoms with Gasteiger partial charge in [0.15, 0.2) is 0 Å². The molecule has 1 aliphatic heterocycles. The molecule has 1 fully saturated rings. The molecule has 1 aliphatic rings. The van der Waals surface area contributed by atoms with Gasteiger partial charge < -0.3 is 10.6 Å². The summed E-state index contributed by atoms with van der Waals surface area (Å²) in [6, 6.07) is 0. The second-order valence-corrected chi connectivity index (χ2v) is 6.64. The first kappa shape index (κ1) is 14.9. The van der Waals surface area contributed by atoms with Gasteiger partial charge in [-0.3, -0.25) is 0 Å². The smallest absolute Gasteiger partial charge is 0.214 e. The fourth-order valence-electron chi connectivity index (χ4n) is 2.11. The van der Waals surface area contributed by atoms with Crippen LogP contribution in [-0.4, -0.2) is 62.6 Å². The van der Waals surface area contributed by atoms with Gasteiger partial charge in [0.1, 0.15) is 0 Å². The minimum absolute atomic E-state index is 0.248. The van der Waals surface area contributed by atoms with Gasteiger partial charge in [-0.05, 0) is 32.4 Å². The standard InChI is InChI=1S/C11H25N3O2S/c1-2-6-13-7-9-14(10-8-13)17(15,16)11-4-3-5-12/h2-12H2,1H3. The molecule has 6 heteroatoms. The summed E-state index contributed by atoms with van der Waals surface area (Å²) in [6.45, 7) is 6.81. The van der Waals surface area contributed by atoms with Gasteiger partial charge in [-0.15, -0.1) is 0 Å². The Balaban J connectivity index is 2.36. The van der Waals surface area contributed by atoms with E-state index in [-0.39, 0.29) is 5.75 Å². The van der Waals surface area contributed by atoms with Gasteiger partial charge >= 0.3 is 0 Å². The van der Waals surface area contributed by atoms with Crippen molar-refractivity contribution in [3.8, 4) is 0 Å². The third-order valence-corrected chi connectivity index (χ3v) is 5.08. The molecule has 102 valence electrons. The van der Waals surface area contributed by atoms with E-state index in [4.69, 9.17) is 5.73 Å². The van der Waals surface area contributed by atoms with Crippen LogP contribution in [0.25, 0.3) is 0 Å². The molecule has 17 heavy (non-hydrogen) atoms. The zero-order chi connectivity index (χ0) is 12.7. The number of piperazine rings is 1. The number of rotatable bonds is 7. The highest BCUT2D eigenvalue weighted by Crippen LogP contribution is 2.09. The Hall–Kier alpha value is -0.170. The largest absolute Gasteiger partial charge is 0.330 e. The van der Waals surface area contributed by atoms with Gasteiger partial charge in [0, 0.05) is 26.2 Å². The van der Waals surface area contributed by atoms with E-state index in [2.05, 4.69) is 11.8 Å². The van der Waals surface area contributed by atoms with Crippen LogP contribution in [0.2, 0.25) is 0 Å². The maximum Gasteiger partial charge on any atom is 0.214 e. The highest BCUT2D eigenvalue weighted by atomic mass is 32.2. The van der Waals surface area contributed by atoms with Crippen molar-refractivity contribution >= 4 is 10.0 Å². The Morgan fingerprint density at radius 1 is 1.12 bits per heavy atom. The third-order valence-electron chi connectivity index (χ3n) is 3.12. The second kappa shape index (κ2) is 7.31. The summed E-state index contributed by atoms with van der Waals surface area (Å²) in [7, 11) is -3.04. The van der Waals surface area contributed by atoms with E-state index in [1.54, 1.807) is 4.31 Å². The van der Waals surface area contributed by atoms with E-state index in [1.807, 2.05) is 0 Å². The van der Waals surface area contributed by atoms with Gasteiger partial charge in [-0.25, -0.2) is 8.42 Å². The molecule has 0 bridgehead atoms. The van der Waals surface area contributed by atoms with Gasteiger partial charge in [-0.2, -0.15) is 4.31 Å². The third kappa shape index (κ3) is 4.91. The molecule has 1 saturated heterocycles. The van der Waals surface area contributed by atoms with Crippen molar-refractivity contribution in [1.82, 2.24) is 9.21 Å². The molecule has 1 heterocycles. The number of nitrogens with zero attached hydrogens (tertiary/aromatic N) is 2. The maximum absolute atomic E-state index is 12.0. The maximum atomic E-state index is 12.0. The van der Waals surface area contributed by atoms with E-state index in [0.717, 1.165) is 32.5 Å². The van der Waals surface area contributed by atoms with Gasteiger partial charge in [0.25, 0.3) is 0 Å². The fraction of sp³-hybridized carbons (Fsp3) is 1.00. The molecule has 0 atom stereocenters. The van der Waals surface area contributed by atoms with E-state index < -0.39 is 10.0 Å². The van der Waals surface area contributed by atoms with Crippen molar-refractivity contribution in [2.45, 2.75) is 26.2 Å². The van der Waals surface area contributed by atoms with Gasteiger partial charge in [-0.1, -0.05) is 6.92 Å². The van der Waals surface area contributed by atoms with Crippen molar-refractivity contribution in [2.75, 3.05) is 45.0 Å². The van der Waals surface area contributed by atoms with Crippen LogP contribution in [0.5, 0.6) is 0 Å². The summed E-state index contributed by atoms with van der Waals surface area (Å²) in [4.78, 5) is 2.33. The number of hydrogen-bond acceptors (Lipinski definition) is 4. The number of hydrogen-bond donors (Lipinski definition) is 1. The zero-order valence-corrected chi connectivity index (χ0v) is 11.6. The number of sulfonamides is 1. The Kier molecular flexibility index (Phi) is 6.40. The zero-order valence-electron chi connectivity index (χ0n) is 10.8. The summed E-state index contributed by atoms with van der Waals surface area (Å²) in [5.41, 5.74) is 5.37. The lowest BCUT2D eigenvalue weighted by Crippen LogP contribution is -2.49. The molecule has 0 spiro atoms. The lowest BCUT2D eigenvalue weighted by atomic mass is 10.3. The van der Waals surface area contributed by atoms with Crippen molar-refractivity contribution in [3.05, 3.63) is 0 Å². The van der Waals surface area contributed by atoms with Crippen LogP contribution in [0.3, 0.4) is 0 Å². The van der Waals surface area contributed by atoms with Crippen LogP contribution < -0.4 is 5.73 Å². The van der Waals surface area contributed by atoms with Crippen LogP contribution in [0.1, 0.15) is 26.2 Å². The van der Waals surface area contributed by atoms with Crippen molar-refractivity contribution in [3.63, 3.8) is 0 Å². The highest BCUT2D eigenvalue weighted by Gasteiger charge is 2.25. The summed E-state index contributed by atoms with van der Waals surface area (Å²) < 4.78 is 25.6. The average molecular weight is 263 g/mol. The summed E-state index contributed by atoms with van der Waals surface area (Å²) in [5, 5.41) is 0. The predicted octanol–water partition coefficient (Wildman–Crippen LogP) is 0.0827. The molecule has 0 unspecified atom stereocenters. The van der Waals surface area contributed by atoms with Gasteiger partial charge in [0.05, 0.1) is 5.75 Å². The molecule has 2 N–H and O–H groups in total. The number of nitrogens with two attached hydrogens (primary N) is 1. The molecule has 0 amide bonds. The minimum atomic E-state index is -3.04. The van der Waals surface area contributed by atoms with E-state index >= 15 is 0 Å². The number of unbranched alkanes of at least 4 members (excludes halogenated alkanes) is 1.